The van der Waals surface area contributed by atoms with E-state index in [0.717, 1.165) is 49.5 Å². The number of carbonyl (C=O) groups excluding carboxylic acids is 1. The number of carbonyl (C=O) groups is 1. The van der Waals surface area contributed by atoms with Gasteiger partial charge in [0.15, 0.2) is 11.0 Å². The molecule has 37 heavy (non-hydrogen) atoms. The Balaban J connectivity index is 1.33. The first-order valence-electron chi connectivity index (χ1n) is 12.2. The molecule has 0 radical (unpaired) electrons. The highest BCUT2D eigenvalue weighted by atomic mass is 35.5. The number of amides is 1. The summed E-state index contributed by atoms with van der Waals surface area (Å²) in [5.74, 6) is 0.984. The highest BCUT2D eigenvalue weighted by Crippen LogP contribution is 2.33. The van der Waals surface area contributed by atoms with E-state index in [1.165, 1.54) is 23.9 Å². The Hall–Kier alpha value is -3.20. The zero-order valence-electron chi connectivity index (χ0n) is 20.5. The molecule has 5 rings (SSSR count). The molecule has 9 heteroatoms. The Morgan fingerprint density at radius 2 is 1.65 bits per heavy atom. The van der Waals surface area contributed by atoms with Crippen molar-refractivity contribution in [2.45, 2.75) is 17.8 Å². The zero-order valence-corrected chi connectivity index (χ0v) is 22.1. The lowest BCUT2D eigenvalue weighted by atomic mass is 10.1. The summed E-state index contributed by atoms with van der Waals surface area (Å²) >= 11 is 7.97. The van der Waals surface area contributed by atoms with Crippen LogP contribution in [0.2, 0.25) is 5.02 Å². The fourth-order valence-corrected chi connectivity index (χ4v) is 5.47. The van der Waals surface area contributed by atoms with Crippen LogP contribution in [0.15, 0.2) is 78.0 Å². The highest BCUT2D eigenvalue weighted by molar-refractivity contribution is 7.98. The van der Waals surface area contributed by atoms with Gasteiger partial charge >= 0.3 is 0 Å². The van der Waals surface area contributed by atoms with Gasteiger partial charge in [0.25, 0.3) is 5.91 Å². The molecule has 3 aromatic carbocycles. The third-order valence-corrected chi connectivity index (χ3v) is 7.84. The van der Waals surface area contributed by atoms with Crippen LogP contribution in [-0.2, 0) is 5.75 Å². The summed E-state index contributed by atoms with van der Waals surface area (Å²) in [6.07, 6.45) is 0. The van der Waals surface area contributed by atoms with Gasteiger partial charge in [0.05, 0.1) is 5.02 Å². The van der Waals surface area contributed by atoms with Crippen molar-refractivity contribution in [3.63, 3.8) is 0 Å². The second-order valence-corrected chi connectivity index (χ2v) is 10.2. The quantitative estimate of drug-likeness (QED) is 0.280. The molecule has 0 atom stereocenters. The molecule has 2 heterocycles. The molecule has 4 aromatic rings. The molecule has 0 unspecified atom stereocenters. The van der Waals surface area contributed by atoms with E-state index < -0.39 is 0 Å². The van der Waals surface area contributed by atoms with Crippen LogP contribution in [0.3, 0.4) is 0 Å². The van der Waals surface area contributed by atoms with Crippen molar-refractivity contribution in [3.05, 3.63) is 94.8 Å². The standard InChI is InChI=1S/C28H27ClFN5OS/c1-2-33-15-17-34(18-16-33)27(36)21-9-7-20(8-10-21)19-37-28-32-31-26(24-5-3-4-6-25(24)29)35(28)23-13-11-22(30)12-14-23/h3-14H,2,15-19H2,1H3. The fourth-order valence-electron chi connectivity index (χ4n) is 4.34. The maximum Gasteiger partial charge on any atom is 0.253 e. The highest BCUT2D eigenvalue weighted by Gasteiger charge is 2.22. The van der Waals surface area contributed by atoms with Gasteiger partial charge in [-0.25, -0.2) is 4.39 Å². The summed E-state index contributed by atoms with van der Waals surface area (Å²) in [7, 11) is 0. The van der Waals surface area contributed by atoms with Gasteiger partial charge in [-0.15, -0.1) is 10.2 Å². The van der Waals surface area contributed by atoms with Gasteiger partial charge in [-0.3, -0.25) is 9.36 Å². The van der Waals surface area contributed by atoms with Crippen molar-refractivity contribution in [3.8, 4) is 17.1 Å². The van der Waals surface area contributed by atoms with Gasteiger partial charge in [0, 0.05) is 48.7 Å². The normalized spacial score (nSPS) is 14.2. The van der Waals surface area contributed by atoms with Crippen LogP contribution in [0.1, 0.15) is 22.8 Å². The molecule has 0 aliphatic carbocycles. The van der Waals surface area contributed by atoms with Crippen LogP contribution in [-0.4, -0.2) is 63.2 Å². The predicted molar refractivity (Wildman–Crippen MR) is 146 cm³/mol. The summed E-state index contributed by atoms with van der Waals surface area (Å²) in [6.45, 7) is 6.52. The molecule has 1 saturated heterocycles. The number of nitrogens with zero attached hydrogens (tertiary/aromatic N) is 5. The van der Waals surface area contributed by atoms with Crippen molar-refractivity contribution < 1.29 is 9.18 Å². The minimum absolute atomic E-state index is 0.0791. The van der Waals surface area contributed by atoms with E-state index in [4.69, 9.17) is 11.6 Å². The van der Waals surface area contributed by atoms with E-state index >= 15 is 0 Å². The van der Waals surface area contributed by atoms with Crippen molar-refractivity contribution in [1.82, 2.24) is 24.6 Å². The first-order chi connectivity index (χ1) is 18.0. The summed E-state index contributed by atoms with van der Waals surface area (Å²) in [6, 6.07) is 21.4. The molecule has 1 amide bonds. The lowest BCUT2D eigenvalue weighted by molar-refractivity contribution is 0.0643. The van der Waals surface area contributed by atoms with E-state index in [1.54, 1.807) is 18.2 Å². The summed E-state index contributed by atoms with van der Waals surface area (Å²) in [4.78, 5) is 17.2. The van der Waals surface area contributed by atoms with Gasteiger partial charge in [-0.2, -0.15) is 0 Å². The van der Waals surface area contributed by atoms with Gasteiger partial charge in [0.1, 0.15) is 5.82 Å². The molecule has 6 nitrogen and oxygen atoms in total. The zero-order chi connectivity index (χ0) is 25.8. The van der Waals surface area contributed by atoms with Crippen LogP contribution in [0, 0.1) is 5.82 Å². The average molecular weight is 536 g/mol. The van der Waals surface area contributed by atoms with E-state index in [9.17, 15) is 9.18 Å². The first-order valence-corrected chi connectivity index (χ1v) is 13.6. The monoisotopic (exact) mass is 535 g/mol. The number of likely N-dealkylation sites (N-methyl/N-ethyl adjacent to an activating group) is 1. The van der Waals surface area contributed by atoms with Crippen LogP contribution in [0.25, 0.3) is 17.1 Å². The molecule has 1 aliphatic heterocycles. The Bertz CT molecular complexity index is 1370. The van der Waals surface area contributed by atoms with E-state index in [2.05, 4.69) is 22.0 Å². The number of rotatable bonds is 7. The minimum Gasteiger partial charge on any atom is -0.336 e. The summed E-state index contributed by atoms with van der Waals surface area (Å²) < 4.78 is 15.5. The van der Waals surface area contributed by atoms with Crippen LogP contribution < -0.4 is 0 Å². The van der Waals surface area contributed by atoms with Crippen LogP contribution in [0.5, 0.6) is 0 Å². The van der Waals surface area contributed by atoms with Gasteiger partial charge in [-0.1, -0.05) is 54.6 Å². The Morgan fingerprint density at radius 1 is 0.946 bits per heavy atom. The first kappa shape index (κ1) is 25.4. The van der Waals surface area contributed by atoms with Crippen molar-refractivity contribution in [2.75, 3.05) is 32.7 Å². The second-order valence-electron chi connectivity index (χ2n) is 8.81. The smallest absolute Gasteiger partial charge is 0.253 e. The SMILES string of the molecule is CCN1CCN(C(=O)c2ccc(CSc3nnc(-c4ccccc4Cl)n3-c3ccc(F)cc3)cc2)CC1. The number of thioether (sulfide) groups is 1. The Morgan fingerprint density at radius 3 is 2.32 bits per heavy atom. The van der Waals surface area contributed by atoms with Gasteiger partial charge in [0.2, 0.25) is 0 Å². The molecule has 0 saturated carbocycles. The molecule has 1 aromatic heterocycles. The molecular formula is C28H27ClFN5OS. The van der Waals surface area contributed by atoms with E-state index in [1.807, 2.05) is 51.9 Å². The number of piperazine rings is 1. The number of benzene rings is 3. The number of hydrogen-bond donors (Lipinski definition) is 0. The van der Waals surface area contributed by atoms with Gasteiger partial charge < -0.3 is 9.80 Å². The number of aromatic nitrogens is 3. The number of halogens is 2. The third kappa shape index (κ3) is 5.71. The largest absolute Gasteiger partial charge is 0.336 e. The Labute approximate surface area is 225 Å². The molecule has 0 bridgehead atoms. The summed E-state index contributed by atoms with van der Waals surface area (Å²) in [5.41, 5.74) is 3.25. The average Bonchev–Trinajstić information content (AvgIpc) is 3.36. The molecule has 1 fully saturated rings. The lowest BCUT2D eigenvalue weighted by Gasteiger charge is -2.34. The summed E-state index contributed by atoms with van der Waals surface area (Å²) in [5, 5.41) is 10.1. The molecule has 1 aliphatic rings. The third-order valence-electron chi connectivity index (χ3n) is 6.51. The molecule has 0 spiro atoms. The maximum absolute atomic E-state index is 13.6. The topological polar surface area (TPSA) is 54.3 Å². The molecule has 0 N–H and O–H groups in total. The minimum atomic E-state index is -0.313. The number of hydrogen-bond acceptors (Lipinski definition) is 5. The fraction of sp³-hybridized carbons (Fsp3) is 0.250. The molecule has 190 valence electrons. The van der Waals surface area contributed by atoms with Crippen molar-refractivity contribution in [2.24, 2.45) is 0 Å². The maximum atomic E-state index is 13.6. The lowest BCUT2D eigenvalue weighted by Crippen LogP contribution is -2.48. The van der Waals surface area contributed by atoms with E-state index in [-0.39, 0.29) is 11.7 Å². The van der Waals surface area contributed by atoms with E-state index in [0.29, 0.717) is 27.3 Å². The predicted octanol–water partition coefficient (Wildman–Crippen LogP) is 5.80. The van der Waals surface area contributed by atoms with Crippen molar-refractivity contribution >= 4 is 29.3 Å². The molecular weight excluding hydrogens is 509 g/mol. The second kappa shape index (κ2) is 11.5. The van der Waals surface area contributed by atoms with Crippen LogP contribution >= 0.6 is 23.4 Å². The van der Waals surface area contributed by atoms with Crippen molar-refractivity contribution in [1.29, 1.82) is 0 Å². The Kier molecular flexibility index (Phi) is 7.88. The van der Waals surface area contributed by atoms with Gasteiger partial charge in [-0.05, 0) is 60.6 Å². The van der Waals surface area contributed by atoms with Crippen LogP contribution in [0.4, 0.5) is 4.39 Å².